The zero-order valence-corrected chi connectivity index (χ0v) is 14.4. The van der Waals surface area contributed by atoms with Crippen LogP contribution in [0, 0.1) is 0 Å². The van der Waals surface area contributed by atoms with E-state index in [0.717, 1.165) is 16.4 Å². The van der Waals surface area contributed by atoms with Gasteiger partial charge in [-0.15, -0.1) is 12.4 Å². The second kappa shape index (κ2) is 5.86. The molecule has 0 unspecified atom stereocenters. The standard InChI is InChI=1S/C17H22BNO2.ClH/c1-16(2)17(3,4)21-18(20-16)15-10-6-8-13-12(11-19)7-5-9-14(13)15;/h5-10H,11,19H2,1-4H3;1H. The number of hydrogen-bond donors (Lipinski definition) is 1. The average Bonchev–Trinajstić information content (AvgIpc) is 2.66. The Labute approximate surface area is 138 Å². The molecule has 2 aromatic carbocycles. The highest BCUT2D eigenvalue weighted by atomic mass is 35.5. The highest BCUT2D eigenvalue weighted by molar-refractivity contribution is 6.65. The van der Waals surface area contributed by atoms with Gasteiger partial charge in [-0.05, 0) is 49.5 Å². The molecule has 3 rings (SSSR count). The molecule has 0 saturated carbocycles. The number of benzene rings is 2. The molecular weight excluding hydrogens is 296 g/mol. The fraction of sp³-hybridized carbons (Fsp3) is 0.412. The first-order valence-corrected chi connectivity index (χ1v) is 7.42. The van der Waals surface area contributed by atoms with Gasteiger partial charge in [-0.2, -0.15) is 0 Å². The van der Waals surface area contributed by atoms with Crippen molar-refractivity contribution in [3.05, 3.63) is 42.0 Å². The Balaban J connectivity index is 0.00000176. The molecule has 2 aromatic rings. The van der Waals surface area contributed by atoms with Crippen molar-refractivity contribution < 1.29 is 9.31 Å². The third-order valence-electron chi connectivity index (χ3n) is 4.77. The summed E-state index contributed by atoms with van der Waals surface area (Å²) in [6.45, 7) is 8.82. The molecule has 0 amide bonds. The van der Waals surface area contributed by atoms with E-state index in [1.165, 1.54) is 5.39 Å². The SMILES string of the molecule is CC1(C)OB(c2cccc3c(CN)cccc23)OC1(C)C.Cl. The van der Waals surface area contributed by atoms with Gasteiger partial charge in [-0.1, -0.05) is 36.4 Å². The van der Waals surface area contributed by atoms with E-state index >= 15 is 0 Å². The molecule has 118 valence electrons. The molecule has 2 N–H and O–H groups in total. The summed E-state index contributed by atoms with van der Waals surface area (Å²) in [6.07, 6.45) is 0. The minimum absolute atomic E-state index is 0. The fourth-order valence-corrected chi connectivity index (χ4v) is 2.75. The van der Waals surface area contributed by atoms with Crippen LogP contribution in [0.15, 0.2) is 36.4 Å². The maximum Gasteiger partial charge on any atom is 0.495 e. The average molecular weight is 320 g/mol. The van der Waals surface area contributed by atoms with Gasteiger partial charge in [0, 0.05) is 6.54 Å². The smallest absolute Gasteiger partial charge is 0.399 e. The molecule has 1 fully saturated rings. The van der Waals surface area contributed by atoms with Crippen LogP contribution in [-0.2, 0) is 15.9 Å². The summed E-state index contributed by atoms with van der Waals surface area (Å²) in [7, 11) is -0.341. The molecule has 0 bridgehead atoms. The highest BCUT2D eigenvalue weighted by Gasteiger charge is 2.52. The Hall–Kier alpha value is -1.07. The van der Waals surface area contributed by atoms with Crippen LogP contribution in [-0.4, -0.2) is 18.3 Å². The molecule has 1 saturated heterocycles. The number of halogens is 1. The van der Waals surface area contributed by atoms with Crippen LogP contribution >= 0.6 is 12.4 Å². The van der Waals surface area contributed by atoms with Gasteiger partial charge < -0.3 is 15.0 Å². The van der Waals surface area contributed by atoms with Crippen molar-refractivity contribution in [1.29, 1.82) is 0 Å². The normalized spacial score (nSPS) is 19.2. The summed E-state index contributed by atoms with van der Waals surface area (Å²) in [5, 5.41) is 2.33. The molecule has 22 heavy (non-hydrogen) atoms. The second-order valence-corrected chi connectivity index (χ2v) is 6.65. The molecule has 0 radical (unpaired) electrons. The summed E-state index contributed by atoms with van der Waals surface area (Å²) < 4.78 is 12.4. The predicted octanol–water partition coefficient (Wildman–Crippen LogP) is 3.02. The third-order valence-corrected chi connectivity index (χ3v) is 4.77. The largest absolute Gasteiger partial charge is 0.495 e. The minimum Gasteiger partial charge on any atom is -0.399 e. The Morgan fingerprint density at radius 2 is 1.45 bits per heavy atom. The maximum absolute atomic E-state index is 6.18. The van der Waals surface area contributed by atoms with Gasteiger partial charge in [-0.3, -0.25) is 0 Å². The quantitative estimate of drug-likeness (QED) is 0.865. The Kier molecular flexibility index (Phi) is 4.60. The van der Waals surface area contributed by atoms with Gasteiger partial charge in [0.25, 0.3) is 0 Å². The number of nitrogens with two attached hydrogens (primary N) is 1. The molecule has 3 nitrogen and oxygen atoms in total. The molecule has 0 spiro atoms. The van der Waals surface area contributed by atoms with Gasteiger partial charge in [0.2, 0.25) is 0 Å². The Bertz CT molecular complexity index is 671. The summed E-state index contributed by atoms with van der Waals surface area (Å²) >= 11 is 0. The van der Waals surface area contributed by atoms with E-state index in [1.807, 2.05) is 12.1 Å². The lowest BCUT2D eigenvalue weighted by Gasteiger charge is -2.32. The third kappa shape index (κ3) is 2.65. The van der Waals surface area contributed by atoms with E-state index in [4.69, 9.17) is 15.0 Å². The molecule has 0 aromatic heterocycles. The van der Waals surface area contributed by atoms with Crippen LogP contribution in [0.4, 0.5) is 0 Å². The van der Waals surface area contributed by atoms with Crippen molar-refractivity contribution in [2.24, 2.45) is 5.73 Å². The van der Waals surface area contributed by atoms with Gasteiger partial charge in [0.15, 0.2) is 0 Å². The molecule has 0 aliphatic carbocycles. The van der Waals surface area contributed by atoms with E-state index < -0.39 is 0 Å². The van der Waals surface area contributed by atoms with Crippen molar-refractivity contribution in [1.82, 2.24) is 0 Å². The molecule has 1 aliphatic heterocycles. The molecular formula is C17H23BClNO2. The van der Waals surface area contributed by atoms with Crippen LogP contribution in [0.5, 0.6) is 0 Å². The second-order valence-electron chi connectivity index (χ2n) is 6.65. The van der Waals surface area contributed by atoms with E-state index in [-0.39, 0.29) is 30.7 Å². The molecule has 1 aliphatic rings. The topological polar surface area (TPSA) is 44.5 Å². The lowest BCUT2D eigenvalue weighted by Crippen LogP contribution is -2.41. The van der Waals surface area contributed by atoms with Gasteiger partial charge in [0.1, 0.15) is 0 Å². The summed E-state index contributed by atoms with van der Waals surface area (Å²) in [4.78, 5) is 0. The number of rotatable bonds is 2. The van der Waals surface area contributed by atoms with E-state index in [0.29, 0.717) is 6.54 Å². The lowest BCUT2D eigenvalue weighted by molar-refractivity contribution is 0.00578. The first-order chi connectivity index (χ1) is 9.86. The monoisotopic (exact) mass is 319 g/mol. The van der Waals surface area contributed by atoms with Crippen LogP contribution in [0.3, 0.4) is 0 Å². The zero-order chi connectivity index (χ0) is 15.3. The molecule has 5 heteroatoms. The van der Waals surface area contributed by atoms with Crippen molar-refractivity contribution >= 4 is 35.8 Å². The molecule has 1 heterocycles. The minimum atomic E-state index is -0.341. The van der Waals surface area contributed by atoms with E-state index in [9.17, 15) is 0 Å². The zero-order valence-electron chi connectivity index (χ0n) is 13.6. The first kappa shape index (κ1) is 17.3. The summed E-state index contributed by atoms with van der Waals surface area (Å²) in [6, 6.07) is 12.4. The first-order valence-electron chi connectivity index (χ1n) is 7.42. The van der Waals surface area contributed by atoms with Crippen molar-refractivity contribution in [3.63, 3.8) is 0 Å². The van der Waals surface area contributed by atoms with Gasteiger partial charge in [-0.25, -0.2) is 0 Å². The maximum atomic E-state index is 6.18. The van der Waals surface area contributed by atoms with Gasteiger partial charge in [0.05, 0.1) is 11.2 Å². The number of fused-ring (bicyclic) bond motifs is 1. The van der Waals surface area contributed by atoms with Crippen molar-refractivity contribution in [3.8, 4) is 0 Å². The predicted molar refractivity (Wildman–Crippen MR) is 94.8 cm³/mol. The Morgan fingerprint density at radius 1 is 0.909 bits per heavy atom. The lowest BCUT2D eigenvalue weighted by atomic mass is 9.75. The Morgan fingerprint density at radius 3 is 2.05 bits per heavy atom. The van der Waals surface area contributed by atoms with E-state index in [2.05, 4.69) is 52.0 Å². The van der Waals surface area contributed by atoms with Crippen LogP contribution < -0.4 is 11.2 Å². The van der Waals surface area contributed by atoms with Crippen LogP contribution in [0.2, 0.25) is 0 Å². The molecule has 0 atom stereocenters. The number of hydrogen-bond acceptors (Lipinski definition) is 3. The summed E-state index contributed by atoms with van der Waals surface area (Å²) in [5.41, 5.74) is 7.40. The summed E-state index contributed by atoms with van der Waals surface area (Å²) in [5.74, 6) is 0. The highest BCUT2D eigenvalue weighted by Crippen LogP contribution is 2.37. The van der Waals surface area contributed by atoms with E-state index in [1.54, 1.807) is 0 Å². The van der Waals surface area contributed by atoms with Crippen LogP contribution in [0.25, 0.3) is 10.8 Å². The van der Waals surface area contributed by atoms with Crippen molar-refractivity contribution in [2.45, 2.75) is 45.4 Å². The van der Waals surface area contributed by atoms with Crippen LogP contribution in [0.1, 0.15) is 33.3 Å². The van der Waals surface area contributed by atoms with Gasteiger partial charge >= 0.3 is 7.12 Å². The fourth-order valence-electron chi connectivity index (χ4n) is 2.75. The van der Waals surface area contributed by atoms with Crippen molar-refractivity contribution in [2.75, 3.05) is 0 Å².